The molecule has 1 fully saturated rings. The molecule has 142 valence electrons. The minimum atomic E-state index is -0.672. The lowest BCUT2D eigenvalue weighted by molar-refractivity contribution is -0.132. The van der Waals surface area contributed by atoms with Crippen molar-refractivity contribution in [2.24, 2.45) is 5.92 Å². The largest absolute Gasteiger partial charge is 0.497 e. The fourth-order valence-corrected chi connectivity index (χ4v) is 3.89. The first-order valence-corrected chi connectivity index (χ1v) is 9.44. The van der Waals surface area contributed by atoms with Crippen LogP contribution in [0.2, 0.25) is 0 Å². The van der Waals surface area contributed by atoms with E-state index in [4.69, 9.17) is 4.74 Å². The Bertz CT molecular complexity index is 925. The van der Waals surface area contributed by atoms with Crippen molar-refractivity contribution in [1.82, 2.24) is 0 Å². The number of para-hydroxylation sites is 1. The molecule has 4 rings (SSSR count). The Kier molecular flexibility index (Phi) is 5.13. The summed E-state index contributed by atoms with van der Waals surface area (Å²) in [7, 11) is 1.64. The normalized spacial score (nSPS) is 19.8. The van der Waals surface area contributed by atoms with Gasteiger partial charge in [0, 0.05) is 5.69 Å². The van der Waals surface area contributed by atoms with Crippen LogP contribution in [0.15, 0.2) is 84.9 Å². The highest BCUT2D eigenvalue weighted by atomic mass is 16.5. The zero-order valence-electron chi connectivity index (χ0n) is 15.7. The van der Waals surface area contributed by atoms with Gasteiger partial charge in [-0.3, -0.25) is 4.79 Å². The minimum absolute atomic E-state index is 0.0435. The summed E-state index contributed by atoms with van der Waals surface area (Å²) in [6.45, 7) is 0. The number of β-lactam (4-membered cyclic amide) rings is 1. The number of rotatable bonds is 6. The summed E-state index contributed by atoms with van der Waals surface area (Å²) in [6.07, 6.45) is -0.281. The number of carbonyl (C=O) groups is 1. The molecule has 0 aliphatic carbocycles. The van der Waals surface area contributed by atoms with Crippen LogP contribution in [-0.2, 0) is 4.79 Å². The van der Waals surface area contributed by atoms with Gasteiger partial charge in [0.1, 0.15) is 5.75 Å². The van der Waals surface area contributed by atoms with Crippen molar-refractivity contribution < 1.29 is 14.6 Å². The molecule has 1 unspecified atom stereocenters. The van der Waals surface area contributed by atoms with Crippen LogP contribution in [0, 0.1) is 5.92 Å². The molecule has 0 aromatic heterocycles. The van der Waals surface area contributed by atoms with Gasteiger partial charge >= 0.3 is 0 Å². The Morgan fingerprint density at radius 2 is 1.54 bits per heavy atom. The molecule has 28 heavy (non-hydrogen) atoms. The third-order valence-electron chi connectivity index (χ3n) is 5.37. The molecule has 1 heterocycles. The van der Waals surface area contributed by atoms with Crippen LogP contribution in [0.3, 0.4) is 0 Å². The topological polar surface area (TPSA) is 49.8 Å². The maximum atomic E-state index is 13.0. The number of benzene rings is 3. The van der Waals surface area contributed by atoms with E-state index in [2.05, 4.69) is 0 Å². The summed E-state index contributed by atoms with van der Waals surface area (Å²) in [5.41, 5.74) is 2.75. The molecule has 1 aliphatic rings. The second-order valence-electron chi connectivity index (χ2n) is 7.03. The van der Waals surface area contributed by atoms with Gasteiger partial charge in [-0.05, 0) is 41.8 Å². The lowest BCUT2D eigenvalue weighted by Gasteiger charge is -2.48. The average molecular weight is 373 g/mol. The van der Waals surface area contributed by atoms with Crippen LogP contribution in [-0.4, -0.2) is 18.1 Å². The second-order valence-corrected chi connectivity index (χ2v) is 7.03. The van der Waals surface area contributed by atoms with Gasteiger partial charge in [0.2, 0.25) is 5.91 Å². The highest BCUT2D eigenvalue weighted by Gasteiger charge is 2.49. The molecule has 3 atom stereocenters. The second kappa shape index (κ2) is 7.87. The van der Waals surface area contributed by atoms with Gasteiger partial charge in [-0.1, -0.05) is 60.7 Å². The van der Waals surface area contributed by atoms with E-state index in [0.717, 1.165) is 22.6 Å². The molecule has 1 N–H and O–H groups in total. The SMILES string of the molecule is COc1ccc([C@H]2C(C[C@@H](O)c3ccccc3)C(=O)N2c2ccccc2)cc1. The van der Waals surface area contributed by atoms with Crippen LogP contribution in [0.1, 0.15) is 29.7 Å². The quantitative estimate of drug-likeness (QED) is 0.646. The van der Waals surface area contributed by atoms with Gasteiger partial charge in [0.15, 0.2) is 0 Å². The summed E-state index contributed by atoms with van der Waals surface area (Å²) < 4.78 is 5.26. The Labute approximate surface area is 165 Å². The summed E-state index contributed by atoms with van der Waals surface area (Å²) in [5, 5.41) is 10.7. The maximum Gasteiger partial charge on any atom is 0.233 e. The molecule has 1 saturated heterocycles. The van der Waals surface area contributed by atoms with E-state index in [-0.39, 0.29) is 17.9 Å². The summed E-state index contributed by atoms with van der Waals surface area (Å²) in [6, 6.07) is 26.9. The van der Waals surface area contributed by atoms with Crippen molar-refractivity contribution in [3.63, 3.8) is 0 Å². The number of hydrogen-bond acceptors (Lipinski definition) is 3. The number of carbonyl (C=O) groups excluding carboxylic acids is 1. The standard InChI is InChI=1S/C24H23NO3/c1-28-20-14-12-18(13-15-20)23-21(16-22(26)17-8-4-2-5-9-17)24(27)25(23)19-10-6-3-7-11-19/h2-15,21-23,26H,16H2,1H3/t21?,22-,23+/m1/s1. The zero-order valence-corrected chi connectivity index (χ0v) is 15.7. The Hall–Kier alpha value is -3.11. The number of amides is 1. The highest BCUT2D eigenvalue weighted by Crippen LogP contribution is 2.47. The lowest BCUT2D eigenvalue weighted by atomic mass is 9.77. The van der Waals surface area contributed by atoms with Crippen molar-refractivity contribution in [1.29, 1.82) is 0 Å². The van der Waals surface area contributed by atoms with E-state index in [9.17, 15) is 9.90 Å². The molecule has 0 radical (unpaired) electrons. The van der Waals surface area contributed by atoms with Crippen LogP contribution in [0.5, 0.6) is 5.75 Å². The highest BCUT2D eigenvalue weighted by molar-refractivity contribution is 6.03. The molecule has 0 spiro atoms. The third kappa shape index (κ3) is 3.39. The monoisotopic (exact) mass is 373 g/mol. The van der Waals surface area contributed by atoms with E-state index < -0.39 is 6.10 Å². The summed E-state index contributed by atoms with van der Waals surface area (Å²) in [5.74, 6) is 0.548. The molecule has 4 heteroatoms. The van der Waals surface area contributed by atoms with Crippen molar-refractivity contribution in [3.05, 3.63) is 96.1 Å². The molecule has 0 saturated carbocycles. The molecule has 1 amide bonds. The van der Waals surface area contributed by atoms with Crippen molar-refractivity contribution >= 4 is 11.6 Å². The predicted octanol–water partition coefficient (Wildman–Crippen LogP) is 4.52. The van der Waals surface area contributed by atoms with E-state index >= 15 is 0 Å². The maximum absolute atomic E-state index is 13.0. The zero-order chi connectivity index (χ0) is 19.5. The number of ether oxygens (including phenoxy) is 1. The van der Waals surface area contributed by atoms with E-state index in [1.54, 1.807) is 7.11 Å². The summed E-state index contributed by atoms with van der Waals surface area (Å²) in [4.78, 5) is 14.8. The predicted molar refractivity (Wildman–Crippen MR) is 109 cm³/mol. The van der Waals surface area contributed by atoms with Crippen molar-refractivity contribution in [2.75, 3.05) is 12.0 Å². The summed E-state index contributed by atoms with van der Waals surface area (Å²) >= 11 is 0. The molecular weight excluding hydrogens is 350 g/mol. The number of nitrogens with zero attached hydrogens (tertiary/aromatic N) is 1. The van der Waals surface area contributed by atoms with Gasteiger partial charge in [0.25, 0.3) is 0 Å². The minimum Gasteiger partial charge on any atom is -0.497 e. The Balaban J connectivity index is 1.63. The Morgan fingerprint density at radius 1 is 0.929 bits per heavy atom. The first-order valence-electron chi connectivity index (χ1n) is 9.44. The van der Waals surface area contributed by atoms with E-state index in [1.807, 2.05) is 89.8 Å². The van der Waals surface area contributed by atoms with Gasteiger partial charge in [-0.25, -0.2) is 0 Å². The molecule has 3 aromatic rings. The number of hydrogen-bond donors (Lipinski definition) is 1. The Morgan fingerprint density at radius 3 is 2.14 bits per heavy atom. The number of anilines is 1. The lowest BCUT2D eigenvalue weighted by Crippen LogP contribution is -2.55. The number of methoxy groups -OCH3 is 1. The van der Waals surface area contributed by atoms with Crippen LogP contribution >= 0.6 is 0 Å². The molecular formula is C24H23NO3. The van der Waals surface area contributed by atoms with Gasteiger partial charge in [-0.15, -0.1) is 0 Å². The van der Waals surface area contributed by atoms with Crippen LogP contribution in [0.4, 0.5) is 5.69 Å². The van der Waals surface area contributed by atoms with E-state index in [0.29, 0.717) is 6.42 Å². The molecule has 3 aromatic carbocycles. The van der Waals surface area contributed by atoms with Gasteiger partial charge in [0.05, 0.1) is 25.2 Å². The molecule has 1 aliphatic heterocycles. The van der Waals surface area contributed by atoms with Gasteiger partial charge < -0.3 is 14.7 Å². The smallest absolute Gasteiger partial charge is 0.233 e. The van der Waals surface area contributed by atoms with Crippen LogP contribution in [0.25, 0.3) is 0 Å². The first-order chi connectivity index (χ1) is 13.7. The fraction of sp³-hybridized carbons (Fsp3) is 0.208. The number of aliphatic hydroxyl groups excluding tert-OH is 1. The fourth-order valence-electron chi connectivity index (χ4n) is 3.89. The number of aliphatic hydroxyl groups is 1. The average Bonchev–Trinajstić information content (AvgIpc) is 2.76. The van der Waals surface area contributed by atoms with Crippen molar-refractivity contribution in [3.8, 4) is 5.75 Å². The first kappa shape index (κ1) is 18.3. The van der Waals surface area contributed by atoms with Crippen LogP contribution < -0.4 is 9.64 Å². The third-order valence-corrected chi connectivity index (χ3v) is 5.37. The molecule has 0 bridgehead atoms. The van der Waals surface area contributed by atoms with Gasteiger partial charge in [-0.2, -0.15) is 0 Å². The molecule has 4 nitrogen and oxygen atoms in total. The van der Waals surface area contributed by atoms with Crippen molar-refractivity contribution in [2.45, 2.75) is 18.6 Å². The van der Waals surface area contributed by atoms with E-state index in [1.165, 1.54) is 0 Å².